The summed E-state index contributed by atoms with van der Waals surface area (Å²) in [5.74, 6) is -0.0977. The van der Waals surface area contributed by atoms with E-state index in [0.717, 1.165) is 35.5 Å². The molecule has 142 valence electrons. The molecule has 0 radical (unpaired) electrons. The Morgan fingerprint density at radius 2 is 1.93 bits per heavy atom. The summed E-state index contributed by atoms with van der Waals surface area (Å²) >= 11 is 0. The first-order valence-electron chi connectivity index (χ1n) is 9.32. The van der Waals surface area contributed by atoms with Crippen LogP contribution in [0.4, 0.5) is 5.69 Å². The molecular weight excluding hydrogens is 342 g/mol. The molecule has 0 unspecified atom stereocenters. The number of anilines is 1. The predicted molar refractivity (Wildman–Crippen MR) is 104 cm³/mol. The van der Waals surface area contributed by atoms with E-state index in [9.17, 15) is 14.4 Å². The van der Waals surface area contributed by atoms with Crippen LogP contribution in [-0.4, -0.2) is 29.1 Å². The minimum atomic E-state index is -0.221. The van der Waals surface area contributed by atoms with E-state index in [-0.39, 0.29) is 17.6 Å². The van der Waals surface area contributed by atoms with Gasteiger partial charge in [0.1, 0.15) is 5.69 Å². The van der Waals surface area contributed by atoms with Crippen LogP contribution in [0.15, 0.2) is 24.3 Å². The fourth-order valence-corrected chi connectivity index (χ4v) is 3.69. The van der Waals surface area contributed by atoms with E-state index in [1.54, 1.807) is 4.90 Å². The van der Waals surface area contributed by atoms with Gasteiger partial charge in [-0.1, -0.05) is 19.1 Å². The zero-order chi connectivity index (χ0) is 19.6. The highest BCUT2D eigenvalue weighted by molar-refractivity contribution is 6.02. The minimum Gasteiger partial charge on any atom is -0.354 e. The lowest BCUT2D eigenvalue weighted by Crippen LogP contribution is -2.25. The third-order valence-corrected chi connectivity index (χ3v) is 5.00. The maximum atomic E-state index is 12.6. The van der Waals surface area contributed by atoms with E-state index in [1.807, 2.05) is 38.1 Å². The molecule has 1 saturated heterocycles. The van der Waals surface area contributed by atoms with Crippen molar-refractivity contribution in [3.63, 3.8) is 0 Å². The summed E-state index contributed by atoms with van der Waals surface area (Å²) < 4.78 is 0. The van der Waals surface area contributed by atoms with Gasteiger partial charge in [-0.2, -0.15) is 0 Å². The van der Waals surface area contributed by atoms with Crippen LogP contribution in [0.2, 0.25) is 0 Å². The first-order chi connectivity index (χ1) is 12.9. The third-order valence-electron chi connectivity index (χ3n) is 5.00. The van der Waals surface area contributed by atoms with Crippen molar-refractivity contribution in [2.24, 2.45) is 0 Å². The second-order valence-electron chi connectivity index (χ2n) is 6.89. The van der Waals surface area contributed by atoms with E-state index in [2.05, 4.69) is 10.3 Å². The number of amides is 2. The number of nitrogens with zero attached hydrogens (tertiary/aromatic N) is 1. The predicted octanol–water partition coefficient (Wildman–Crippen LogP) is 3.14. The number of benzene rings is 1. The van der Waals surface area contributed by atoms with Crippen molar-refractivity contribution < 1.29 is 14.4 Å². The molecule has 1 aliphatic heterocycles. The molecule has 1 aromatic carbocycles. The molecule has 2 heterocycles. The van der Waals surface area contributed by atoms with Crippen molar-refractivity contribution in [1.82, 2.24) is 10.3 Å². The van der Waals surface area contributed by atoms with Crippen LogP contribution in [0.1, 0.15) is 64.4 Å². The van der Waals surface area contributed by atoms with E-state index in [1.165, 1.54) is 6.92 Å². The molecule has 2 N–H and O–H groups in total. The van der Waals surface area contributed by atoms with E-state index < -0.39 is 0 Å². The monoisotopic (exact) mass is 367 g/mol. The van der Waals surface area contributed by atoms with Crippen molar-refractivity contribution >= 4 is 23.3 Å². The number of Topliss-reactive ketones (excluding diaryl/α,β-unsaturated/α-hetero) is 1. The zero-order valence-corrected chi connectivity index (χ0v) is 16.0. The normalized spacial score (nSPS) is 13.9. The first-order valence-corrected chi connectivity index (χ1v) is 9.32. The largest absolute Gasteiger partial charge is 0.354 e. The lowest BCUT2D eigenvalue weighted by molar-refractivity contribution is -0.117. The molecule has 0 saturated carbocycles. The number of aryl methyl sites for hydroxylation is 1. The molecule has 0 bridgehead atoms. The van der Waals surface area contributed by atoms with Gasteiger partial charge in [0.15, 0.2) is 5.78 Å². The molecule has 0 atom stereocenters. The van der Waals surface area contributed by atoms with Crippen molar-refractivity contribution in [3.05, 3.63) is 52.3 Å². The van der Waals surface area contributed by atoms with Gasteiger partial charge in [-0.25, -0.2) is 0 Å². The SMILES string of the molecule is CCc1c(C(=O)NCc2ccc(N3CCCC3=O)cc2)[nH]c(C)c1C(C)=O. The Balaban J connectivity index is 1.68. The van der Waals surface area contributed by atoms with Gasteiger partial charge in [0.25, 0.3) is 5.91 Å². The average Bonchev–Trinajstić information content (AvgIpc) is 3.22. The second-order valence-corrected chi connectivity index (χ2v) is 6.89. The molecule has 0 spiro atoms. The quantitative estimate of drug-likeness (QED) is 0.770. The van der Waals surface area contributed by atoms with Crippen molar-refractivity contribution in [2.45, 2.75) is 46.6 Å². The number of aromatic nitrogens is 1. The maximum Gasteiger partial charge on any atom is 0.268 e. The van der Waals surface area contributed by atoms with Crippen LogP contribution < -0.4 is 10.2 Å². The third kappa shape index (κ3) is 3.79. The topological polar surface area (TPSA) is 82.3 Å². The molecule has 1 aliphatic rings. The Hall–Kier alpha value is -2.89. The number of nitrogens with one attached hydrogen (secondary N) is 2. The number of aromatic amines is 1. The molecule has 6 heteroatoms. The summed E-state index contributed by atoms with van der Waals surface area (Å²) in [6.45, 7) is 6.40. The van der Waals surface area contributed by atoms with Crippen LogP contribution >= 0.6 is 0 Å². The lowest BCUT2D eigenvalue weighted by atomic mass is 10.0. The van der Waals surface area contributed by atoms with Crippen LogP contribution in [0.3, 0.4) is 0 Å². The van der Waals surface area contributed by atoms with Gasteiger partial charge < -0.3 is 15.2 Å². The molecule has 0 aliphatic carbocycles. The highest BCUT2D eigenvalue weighted by Gasteiger charge is 2.22. The molecule has 3 rings (SSSR count). The number of H-pyrrole nitrogens is 1. The Morgan fingerprint density at radius 3 is 2.48 bits per heavy atom. The summed E-state index contributed by atoms with van der Waals surface area (Å²) in [4.78, 5) is 41.1. The van der Waals surface area contributed by atoms with Crippen LogP contribution in [-0.2, 0) is 17.8 Å². The van der Waals surface area contributed by atoms with Crippen molar-refractivity contribution in [3.8, 4) is 0 Å². The number of hydrogen-bond acceptors (Lipinski definition) is 3. The van der Waals surface area contributed by atoms with Gasteiger partial charge in [-0.05, 0) is 49.9 Å². The number of ketones is 1. The van der Waals surface area contributed by atoms with E-state index in [4.69, 9.17) is 0 Å². The van der Waals surface area contributed by atoms with Crippen LogP contribution in [0.25, 0.3) is 0 Å². The van der Waals surface area contributed by atoms with Gasteiger partial charge in [0.2, 0.25) is 5.91 Å². The van der Waals surface area contributed by atoms with Gasteiger partial charge >= 0.3 is 0 Å². The van der Waals surface area contributed by atoms with Gasteiger partial charge in [-0.3, -0.25) is 14.4 Å². The Labute approximate surface area is 159 Å². The molecule has 2 amide bonds. The summed E-state index contributed by atoms with van der Waals surface area (Å²) in [6, 6.07) is 7.66. The number of carbonyl (C=O) groups excluding carboxylic acids is 3. The Bertz CT molecular complexity index is 881. The molecule has 1 fully saturated rings. The first kappa shape index (κ1) is 18.9. The van der Waals surface area contributed by atoms with Crippen LogP contribution in [0.5, 0.6) is 0 Å². The molecule has 27 heavy (non-hydrogen) atoms. The fraction of sp³-hybridized carbons (Fsp3) is 0.381. The summed E-state index contributed by atoms with van der Waals surface area (Å²) in [5.41, 5.74) is 4.41. The highest BCUT2D eigenvalue weighted by Crippen LogP contribution is 2.22. The summed E-state index contributed by atoms with van der Waals surface area (Å²) in [7, 11) is 0. The molecule has 6 nitrogen and oxygen atoms in total. The van der Waals surface area contributed by atoms with Gasteiger partial charge in [0, 0.05) is 36.5 Å². The van der Waals surface area contributed by atoms with Gasteiger partial charge in [-0.15, -0.1) is 0 Å². The number of hydrogen-bond donors (Lipinski definition) is 2. The Morgan fingerprint density at radius 1 is 1.22 bits per heavy atom. The van der Waals surface area contributed by atoms with E-state index in [0.29, 0.717) is 30.6 Å². The van der Waals surface area contributed by atoms with Crippen molar-refractivity contribution in [2.75, 3.05) is 11.4 Å². The van der Waals surface area contributed by atoms with Crippen LogP contribution in [0, 0.1) is 6.92 Å². The number of carbonyl (C=O) groups is 3. The highest BCUT2D eigenvalue weighted by atomic mass is 16.2. The average molecular weight is 367 g/mol. The molecule has 2 aromatic rings. The standard InChI is InChI=1S/C21H25N3O3/c1-4-17-19(14(3)25)13(2)23-20(17)21(27)22-12-15-7-9-16(10-8-15)24-11-5-6-18(24)26/h7-10,23H,4-6,11-12H2,1-3H3,(H,22,27). The smallest absolute Gasteiger partial charge is 0.268 e. The maximum absolute atomic E-state index is 12.6. The number of rotatable bonds is 6. The summed E-state index contributed by atoms with van der Waals surface area (Å²) in [5, 5.41) is 2.91. The minimum absolute atomic E-state index is 0.0355. The molecular formula is C21H25N3O3. The van der Waals surface area contributed by atoms with Crippen molar-refractivity contribution in [1.29, 1.82) is 0 Å². The Kier molecular flexibility index (Phi) is 5.44. The molecule has 1 aromatic heterocycles. The van der Waals surface area contributed by atoms with E-state index >= 15 is 0 Å². The zero-order valence-electron chi connectivity index (χ0n) is 16.0. The summed E-state index contributed by atoms with van der Waals surface area (Å²) in [6.07, 6.45) is 2.12. The lowest BCUT2D eigenvalue weighted by Gasteiger charge is -2.16. The fourth-order valence-electron chi connectivity index (χ4n) is 3.69. The van der Waals surface area contributed by atoms with Gasteiger partial charge in [0.05, 0.1) is 0 Å². The second kappa shape index (κ2) is 7.78.